The molecule has 2 aliphatic rings. The highest BCUT2D eigenvalue weighted by molar-refractivity contribution is 6.03. The SMILES string of the molecule is Cn1c(C(=O)O)cc2c1OC1(CC1)C(=O)N2. The van der Waals surface area contributed by atoms with Gasteiger partial charge in [0.1, 0.15) is 11.4 Å². The number of nitrogens with zero attached hydrogens (tertiary/aromatic N) is 1. The Morgan fingerprint density at radius 1 is 1.62 bits per heavy atom. The van der Waals surface area contributed by atoms with E-state index in [0.29, 0.717) is 24.4 Å². The maximum absolute atomic E-state index is 11.6. The molecular formula is C10H10N2O4. The number of aromatic carboxylic acids is 1. The number of carbonyl (C=O) groups excluding carboxylic acids is 1. The Morgan fingerprint density at radius 2 is 2.31 bits per heavy atom. The molecule has 1 aliphatic heterocycles. The number of fused-ring (bicyclic) bond motifs is 1. The zero-order valence-electron chi connectivity index (χ0n) is 8.61. The lowest BCUT2D eigenvalue weighted by molar-refractivity contribution is -0.125. The van der Waals surface area contributed by atoms with E-state index in [-0.39, 0.29) is 11.6 Å². The van der Waals surface area contributed by atoms with Crippen molar-refractivity contribution in [3.8, 4) is 5.88 Å². The van der Waals surface area contributed by atoms with Crippen LogP contribution in [-0.4, -0.2) is 27.2 Å². The van der Waals surface area contributed by atoms with Gasteiger partial charge in [0.05, 0.1) is 0 Å². The number of ether oxygens (including phenoxy) is 1. The summed E-state index contributed by atoms with van der Waals surface area (Å²) in [4.78, 5) is 22.5. The van der Waals surface area contributed by atoms with Crippen molar-refractivity contribution in [2.24, 2.45) is 7.05 Å². The third-order valence-electron chi connectivity index (χ3n) is 3.05. The van der Waals surface area contributed by atoms with Gasteiger partial charge in [-0.2, -0.15) is 0 Å². The molecule has 16 heavy (non-hydrogen) atoms. The van der Waals surface area contributed by atoms with Crippen LogP contribution in [0.5, 0.6) is 5.88 Å². The quantitative estimate of drug-likeness (QED) is 0.728. The maximum Gasteiger partial charge on any atom is 0.352 e. The van der Waals surface area contributed by atoms with Crippen LogP contribution in [0.2, 0.25) is 0 Å². The lowest BCUT2D eigenvalue weighted by atomic mass is 10.2. The van der Waals surface area contributed by atoms with E-state index in [4.69, 9.17) is 9.84 Å². The Hall–Kier alpha value is -1.98. The van der Waals surface area contributed by atoms with Gasteiger partial charge in [-0.05, 0) is 6.07 Å². The molecule has 1 amide bonds. The van der Waals surface area contributed by atoms with Crippen LogP contribution in [0, 0.1) is 0 Å². The van der Waals surface area contributed by atoms with Gasteiger partial charge in [0.15, 0.2) is 5.60 Å². The number of rotatable bonds is 1. The normalized spacial score (nSPS) is 19.9. The molecule has 3 rings (SSSR count). The molecule has 1 aromatic rings. The largest absolute Gasteiger partial charge is 0.477 e. The Kier molecular flexibility index (Phi) is 1.49. The van der Waals surface area contributed by atoms with Crippen LogP contribution in [0.1, 0.15) is 23.3 Å². The van der Waals surface area contributed by atoms with E-state index in [2.05, 4.69) is 5.32 Å². The molecule has 1 spiro atoms. The zero-order chi connectivity index (χ0) is 11.5. The zero-order valence-corrected chi connectivity index (χ0v) is 8.61. The Labute approximate surface area is 90.8 Å². The van der Waals surface area contributed by atoms with E-state index >= 15 is 0 Å². The molecule has 0 atom stereocenters. The van der Waals surface area contributed by atoms with Crippen molar-refractivity contribution in [2.45, 2.75) is 18.4 Å². The fourth-order valence-corrected chi connectivity index (χ4v) is 1.91. The van der Waals surface area contributed by atoms with E-state index < -0.39 is 11.6 Å². The van der Waals surface area contributed by atoms with Crippen LogP contribution in [0.4, 0.5) is 5.69 Å². The Bertz CT molecular complexity index is 513. The van der Waals surface area contributed by atoms with Gasteiger partial charge in [-0.3, -0.25) is 4.79 Å². The van der Waals surface area contributed by atoms with Gasteiger partial charge < -0.3 is 19.7 Å². The fourth-order valence-electron chi connectivity index (χ4n) is 1.91. The minimum atomic E-state index is -1.04. The van der Waals surface area contributed by atoms with Crippen LogP contribution in [-0.2, 0) is 11.8 Å². The van der Waals surface area contributed by atoms with Gasteiger partial charge in [-0.25, -0.2) is 4.79 Å². The van der Waals surface area contributed by atoms with Crippen molar-refractivity contribution in [2.75, 3.05) is 5.32 Å². The smallest absolute Gasteiger partial charge is 0.352 e. The first-order chi connectivity index (χ1) is 7.53. The highest BCUT2D eigenvalue weighted by atomic mass is 16.5. The number of carboxylic acid groups (broad SMARTS) is 1. The molecule has 1 aromatic heterocycles. The lowest BCUT2D eigenvalue weighted by Gasteiger charge is -2.24. The third-order valence-corrected chi connectivity index (χ3v) is 3.05. The van der Waals surface area contributed by atoms with Gasteiger partial charge in [0, 0.05) is 19.9 Å². The number of aromatic nitrogens is 1. The second kappa shape index (κ2) is 2.58. The second-order valence-corrected chi connectivity index (χ2v) is 4.16. The van der Waals surface area contributed by atoms with Crippen molar-refractivity contribution in [3.05, 3.63) is 11.8 Å². The summed E-state index contributed by atoms with van der Waals surface area (Å²) in [6.07, 6.45) is 1.37. The standard InChI is InChI=1S/C10H10N2O4/c1-12-6(8(13)14)4-5-7(12)16-10(2-3-10)9(15)11-5/h4H,2-3H2,1H3,(H,11,15)(H,13,14). The first-order valence-corrected chi connectivity index (χ1v) is 4.97. The molecule has 2 N–H and O–H groups in total. The van der Waals surface area contributed by atoms with Crippen molar-refractivity contribution < 1.29 is 19.4 Å². The van der Waals surface area contributed by atoms with Crippen LogP contribution >= 0.6 is 0 Å². The highest BCUT2D eigenvalue weighted by Gasteiger charge is 2.56. The molecule has 2 heterocycles. The highest BCUT2D eigenvalue weighted by Crippen LogP contribution is 2.47. The predicted molar refractivity (Wildman–Crippen MR) is 53.6 cm³/mol. The molecular weight excluding hydrogens is 212 g/mol. The fraction of sp³-hybridized carbons (Fsp3) is 0.400. The first kappa shape index (κ1) is 9.26. The van der Waals surface area contributed by atoms with Crippen molar-refractivity contribution in [1.82, 2.24) is 4.57 Å². The number of hydrogen-bond acceptors (Lipinski definition) is 3. The molecule has 0 radical (unpaired) electrons. The summed E-state index contributed by atoms with van der Waals surface area (Å²) in [6.45, 7) is 0. The van der Waals surface area contributed by atoms with E-state index in [9.17, 15) is 9.59 Å². The number of hydrogen-bond donors (Lipinski definition) is 2. The number of anilines is 1. The van der Waals surface area contributed by atoms with Crippen molar-refractivity contribution in [3.63, 3.8) is 0 Å². The topological polar surface area (TPSA) is 80.6 Å². The first-order valence-electron chi connectivity index (χ1n) is 4.97. The van der Waals surface area contributed by atoms with Crippen molar-refractivity contribution in [1.29, 1.82) is 0 Å². The monoisotopic (exact) mass is 222 g/mol. The molecule has 1 aliphatic carbocycles. The average molecular weight is 222 g/mol. The van der Waals surface area contributed by atoms with Gasteiger partial charge >= 0.3 is 5.97 Å². The summed E-state index contributed by atoms with van der Waals surface area (Å²) in [5, 5.41) is 11.6. The van der Waals surface area contributed by atoms with Gasteiger partial charge in [0.2, 0.25) is 5.88 Å². The minimum absolute atomic E-state index is 0.100. The Morgan fingerprint density at radius 3 is 2.88 bits per heavy atom. The summed E-state index contributed by atoms with van der Waals surface area (Å²) in [7, 11) is 1.61. The predicted octanol–water partition coefficient (Wildman–Crippen LogP) is 0.587. The molecule has 84 valence electrons. The van der Waals surface area contributed by atoms with Crippen LogP contribution in [0.25, 0.3) is 0 Å². The van der Waals surface area contributed by atoms with Gasteiger partial charge in [-0.15, -0.1) is 0 Å². The molecule has 6 nitrogen and oxygen atoms in total. The summed E-state index contributed by atoms with van der Waals surface area (Å²) in [5.41, 5.74) is -0.208. The minimum Gasteiger partial charge on any atom is -0.477 e. The van der Waals surface area contributed by atoms with E-state index in [0.717, 1.165) is 0 Å². The molecule has 1 saturated carbocycles. The van der Waals surface area contributed by atoms with Crippen LogP contribution < -0.4 is 10.1 Å². The summed E-state index contributed by atoms with van der Waals surface area (Å²) in [6, 6.07) is 1.41. The number of amides is 1. The van der Waals surface area contributed by atoms with E-state index in [1.807, 2.05) is 0 Å². The van der Waals surface area contributed by atoms with Crippen LogP contribution in [0.3, 0.4) is 0 Å². The van der Waals surface area contributed by atoms with E-state index in [1.165, 1.54) is 10.6 Å². The number of carbonyl (C=O) groups is 2. The average Bonchev–Trinajstić information content (AvgIpc) is 2.92. The molecule has 0 unspecified atom stereocenters. The summed E-state index contributed by atoms with van der Waals surface area (Å²) in [5.74, 6) is -0.795. The third kappa shape index (κ3) is 1.01. The van der Waals surface area contributed by atoms with E-state index in [1.54, 1.807) is 7.05 Å². The number of carboxylic acids is 1. The van der Waals surface area contributed by atoms with Gasteiger partial charge in [0.25, 0.3) is 5.91 Å². The molecule has 1 fully saturated rings. The van der Waals surface area contributed by atoms with Crippen molar-refractivity contribution >= 4 is 17.6 Å². The lowest BCUT2D eigenvalue weighted by Crippen LogP contribution is -2.39. The summed E-state index contributed by atoms with van der Waals surface area (Å²) < 4.78 is 7.03. The molecule has 6 heteroatoms. The van der Waals surface area contributed by atoms with Gasteiger partial charge in [-0.1, -0.05) is 0 Å². The molecule has 0 bridgehead atoms. The molecule has 0 saturated heterocycles. The Balaban J connectivity index is 2.10. The van der Waals surface area contributed by atoms with Crippen LogP contribution in [0.15, 0.2) is 6.07 Å². The number of nitrogens with one attached hydrogen (secondary N) is 1. The maximum atomic E-state index is 11.6. The second-order valence-electron chi connectivity index (χ2n) is 4.16. The summed E-state index contributed by atoms with van der Waals surface area (Å²) >= 11 is 0. The molecule has 0 aromatic carbocycles.